The molecule has 1 saturated heterocycles. The van der Waals surface area contributed by atoms with Crippen LogP contribution in [-0.4, -0.2) is 36.2 Å². The Morgan fingerprint density at radius 1 is 0.879 bits per heavy atom. The predicted molar refractivity (Wildman–Crippen MR) is 115 cm³/mol. The molecule has 0 saturated carbocycles. The third kappa shape index (κ3) is 4.07. The Labute approximate surface area is 187 Å². The fraction of sp³-hybridized carbons (Fsp3) is 0.120. The summed E-state index contributed by atoms with van der Waals surface area (Å²) in [6, 6.07) is 17.0. The number of halogens is 3. The second-order valence-corrected chi connectivity index (χ2v) is 7.51. The van der Waals surface area contributed by atoms with Crippen LogP contribution in [0.1, 0.15) is 11.1 Å². The van der Waals surface area contributed by atoms with E-state index >= 15 is 0 Å². The Hall–Kier alpha value is -4.07. The lowest BCUT2D eigenvalue weighted by atomic mass is 10.0. The maximum Gasteiger partial charge on any atom is 0.293 e. The molecule has 5 nitrogen and oxygen atoms in total. The minimum Gasteiger partial charge on any atom is -0.473 e. The molecular formula is C25H17F3N2O3. The van der Waals surface area contributed by atoms with Gasteiger partial charge in [0, 0.05) is 0 Å². The Kier molecular flexibility index (Phi) is 5.34. The third-order valence-corrected chi connectivity index (χ3v) is 5.39. The third-order valence-electron chi connectivity index (χ3n) is 5.39. The van der Waals surface area contributed by atoms with Gasteiger partial charge in [-0.1, -0.05) is 42.5 Å². The average molecular weight is 450 g/mol. The Bertz CT molecular complexity index is 1250. The van der Waals surface area contributed by atoms with Crippen LogP contribution in [0.25, 0.3) is 17.2 Å². The number of hydrogen-bond donors (Lipinski definition) is 0. The summed E-state index contributed by atoms with van der Waals surface area (Å²) in [5.74, 6) is -2.33. The monoisotopic (exact) mass is 450 g/mol. The number of benzene rings is 3. The van der Waals surface area contributed by atoms with Gasteiger partial charge in [-0.3, -0.25) is 9.69 Å². The fourth-order valence-electron chi connectivity index (χ4n) is 3.65. The van der Waals surface area contributed by atoms with Gasteiger partial charge in [0.1, 0.15) is 29.6 Å². The Morgan fingerprint density at radius 2 is 1.52 bits per heavy atom. The van der Waals surface area contributed by atoms with E-state index in [2.05, 4.69) is 4.99 Å². The Balaban J connectivity index is 1.31. The maximum atomic E-state index is 14.0. The van der Waals surface area contributed by atoms with Crippen LogP contribution in [0.15, 0.2) is 77.5 Å². The van der Waals surface area contributed by atoms with Crippen LogP contribution >= 0.6 is 0 Å². The van der Waals surface area contributed by atoms with Crippen LogP contribution in [0.3, 0.4) is 0 Å². The van der Waals surface area contributed by atoms with E-state index in [1.54, 1.807) is 18.2 Å². The molecule has 1 atom stereocenters. The molecule has 1 amide bonds. The maximum absolute atomic E-state index is 14.0. The molecule has 0 radical (unpaired) electrons. The van der Waals surface area contributed by atoms with Crippen molar-refractivity contribution in [2.24, 2.45) is 4.99 Å². The number of carbonyl (C=O) groups excluding carboxylic acids is 1. The molecular weight excluding hydrogens is 433 g/mol. The summed E-state index contributed by atoms with van der Waals surface area (Å²) in [4.78, 5) is 18.3. The molecule has 3 aromatic carbocycles. The van der Waals surface area contributed by atoms with Gasteiger partial charge in [-0.05, 0) is 47.0 Å². The van der Waals surface area contributed by atoms with E-state index in [9.17, 15) is 18.0 Å². The highest BCUT2D eigenvalue weighted by molar-refractivity contribution is 5.99. The molecule has 2 aliphatic rings. The number of ether oxygens (including phenoxy) is 2. The highest BCUT2D eigenvalue weighted by Gasteiger charge is 2.37. The molecule has 33 heavy (non-hydrogen) atoms. The Morgan fingerprint density at radius 3 is 2.18 bits per heavy atom. The summed E-state index contributed by atoms with van der Waals surface area (Å²) in [5.41, 5.74) is 2.16. The second kappa shape index (κ2) is 8.46. The van der Waals surface area contributed by atoms with Crippen molar-refractivity contribution in [3.05, 3.63) is 101 Å². The number of hydrogen-bond acceptors (Lipinski definition) is 4. The van der Waals surface area contributed by atoms with E-state index in [0.29, 0.717) is 0 Å². The fourth-order valence-corrected chi connectivity index (χ4v) is 3.65. The number of aliphatic imine (C=N–C) groups is 1. The highest BCUT2D eigenvalue weighted by atomic mass is 19.1. The molecule has 0 aromatic heterocycles. The van der Waals surface area contributed by atoms with E-state index in [-0.39, 0.29) is 36.4 Å². The van der Waals surface area contributed by atoms with Gasteiger partial charge in [0.25, 0.3) is 5.91 Å². The average Bonchev–Trinajstić information content (AvgIpc) is 3.42. The lowest BCUT2D eigenvalue weighted by molar-refractivity contribution is -0.126. The number of nitrogens with zero attached hydrogens (tertiary/aromatic N) is 2. The molecule has 0 aliphatic carbocycles. The number of amides is 1. The zero-order chi connectivity index (χ0) is 22.9. The molecule has 5 rings (SSSR count). The van der Waals surface area contributed by atoms with E-state index in [4.69, 9.17) is 9.47 Å². The smallest absolute Gasteiger partial charge is 0.293 e. The van der Waals surface area contributed by atoms with Crippen LogP contribution < -0.4 is 0 Å². The van der Waals surface area contributed by atoms with E-state index in [0.717, 1.165) is 28.8 Å². The van der Waals surface area contributed by atoms with Gasteiger partial charge in [-0.25, -0.2) is 18.2 Å². The van der Waals surface area contributed by atoms with Crippen LogP contribution in [0.2, 0.25) is 0 Å². The van der Waals surface area contributed by atoms with Crippen molar-refractivity contribution in [3.8, 4) is 11.1 Å². The van der Waals surface area contributed by atoms with Gasteiger partial charge in [0.15, 0.2) is 18.7 Å². The van der Waals surface area contributed by atoms with Crippen LogP contribution in [0.5, 0.6) is 0 Å². The zero-order valence-corrected chi connectivity index (χ0v) is 17.2. The van der Waals surface area contributed by atoms with Gasteiger partial charge in [-0.2, -0.15) is 0 Å². The van der Waals surface area contributed by atoms with Gasteiger partial charge < -0.3 is 9.47 Å². The summed E-state index contributed by atoms with van der Waals surface area (Å²) in [5, 5.41) is 0. The van der Waals surface area contributed by atoms with E-state index in [1.165, 1.54) is 23.1 Å². The molecule has 8 heteroatoms. The first-order chi connectivity index (χ1) is 16.0. The molecule has 0 spiro atoms. The molecule has 166 valence electrons. The number of carbonyl (C=O) groups is 1. The minimum atomic E-state index is -0.789. The second-order valence-electron chi connectivity index (χ2n) is 7.51. The molecule has 1 unspecified atom stereocenters. The van der Waals surface area contributed by atoms with E-state index in [1.807, 2.05) is 24.3 Å². The van der Waals surface area contributed by atoms with Gasteiger partial charge in [0.2, 0.25) is 5.90 Å². The van der Waals surface area contributed by atoms with Crippen molar-refractivity contribution in [2.75, 3.05) is 13.3 Å². The van der Waals surface area contributed by atoms with Crippen molar-refractivity contribution in [2.45, 2.75) is 6.17 Å². The molecule has 2 aliphatic heterocycles. The summed E-state index contributed by atoms with van der Waals surface area (Å²) >= 11 is 0. The standard InChI is InChI=1S/C25H17F3N2O3/c26-18-10-8-17(9-11-18)16-6-4-15(5-7-16)12-21-25(31)30(14-33-21)22-13-32-24(29-22)23-19(27)2-1-3-20(23)28/h1-12,22H,13-14H2. The van der Waals surface area contributed by atoms with E-state index < -0.39 is 23.7 Å². The minimum absolute atomic E-state index is 0.0299. The molecule has 0 N–H and O–H groups in total. The van der Waals surface area contributed by atoms with Crippen LogP contribution in [0.4, 0.5) is 13.2 Å². The molecule has 3 aromatic rings. The number of rotatable bonds is 4. The van der Waals surface area contributed by atoms with Crippen molar-refractivity contribution in [1.29, 1.82) is 0 Å². The lowest BCUT2D eigenvalue weighted by Gasteiger charge is -2.15. The topological polar surface area (TPSA) is 51.1 Å². The first-order valence-electron chi connectivity index (χ1n) is 10.2. The summed E-state index contributed by atoms with van der Waals surface area (Å²) in [6.07, 6.45) is 0.853. The highest BCUT2D eigenvalue weighted by Crippen LogP contribution is 2.26. The van der Waals surface area contributed by atoms with Gasteiger partial charge in [-0.15, -0.1) is 0 Å². The van der Waals surface area contributed by atoms with Crippen molar-refractivity contribution in [3.63, 3.8) is 0 Å². The molecule has 1 fully saturated rings. The van der Waals surface area contributed by atoms with Gasteiger partial charge in [0.05, 0.1) is 0 Å². The van der Waals surface area contributed by atoms with Crippen LogP contribution in [-0.2, 0) is 14.3 Å². The van der Waals surface area contributed by atoms with Crippen LogP contribution in [0, 0.1) is 17.5 Å². The molecule has 2 heterocycles. The zero-order valence-electron chi connectivity index (χ0n) is 17.2. The first kappa shape index (κ1) is 20.8. The van der Waals surface area contributed by atoms with Crippen molar-refractivity contribution < 1.29 is 27.4 Å². The predicted octanol–water partition coefficient (Wildman–Crippen LogP) is 4.73. The normalized spacial score (nSPS) is 18.9. The largest absolute Gasteiger partial charge is 0.473 e. The summed E-state index contributed by atoms with van der Waals surface area (Å²) in [7, 11) is 0. The summed E-state index contributed by atoms with van der Waals surface area (Å²) < 4.78 is 52.0. The quantitative estimate of drug-likeness (QED) is 0.540. The van der Waals surface area contributed by atoms with Crippen molar-refractivity contribution in [1.82, 2.24) is 4.90 Å². The SMILES string of the molecule is O=C1C(=Cc2ccc(-c3ccc(F)cc3)cc2)OCN1C1COC(c2c(F)cccc2F)=N1. The first-order valence-corrected chi connectivity index (χ1v) is 10.2. The lowest BCUT2D eigenvalue weighted by Crippen LogP contribution is -2.36. The summed E-state index contributed by atoms with van der Waals surface area (Å²) in [6.45, 7) is -0.0826. The van der Waals surface area contributed by atoms with Gasteiger partial charge >= 0.3 is 0 Å². The van der Waals surface area contributed by atoms with Crippen molar-refractivity contribution >= 4 is 17.9 Å². The molecule has 0 bridgehead atoms.